The highest BCUT2D eigenvalue weighted by Crippen LogP contribution is 2.28. The van der Waals surface area contributed by atoms with Gasteiger partial charge in [0.1, 0.15) is 4.90 Å². The van der Waals surface area contributed by atoms with Gasteiger partial charge in [-0.1, -0.05) is 11.6 Å². The zero-order chi connectivity index (χ0) is 15.8. The van der Waals surface area contributed by atoms with Gasteiger partial charge in [0.25, 0.3) is 0 Å². The standard InChI is InChI=1S/C13H17ClN2O4S/c1-15(2)10-5-6-16(8-10)21(19,20)12-7-9(13(17)18)3-4-11(12)14/h3-4,7,10H,5-6,8H2,1-2H3,(H,17,18). The number of hydrogen-bond acceptors (Lipinski definition) is 4. The van der Waals surface area contributed by atoms with Crippen LogP contribution in [-0.2, 0) is 10.0 Å². The molecule has 1 heterocycles. The van der Waals surface area contributed by atoms with Crippen LogP contribution < -0.4 is 0 Å². The Bertz CT molecular complexity index is 660. The number of carboxylic acid groups (broad SMARTS) is 1. The molecule has 1 atom stereocenters. The second-order valence-electron chi connectivity index (χ2n) is 5.22. The lowest BCUT2D eigenvalue weighted by Crippen LogP contribution is -2.34. The summed E-state index contributed by atoms with van der Waals surface area (Å²) in [7, 11) is 0.0228. The van der Waals surface area contributed by atoms with Crippen LogP contribution in [0.1, 0.15) is 16.8 Å². The first-order valence-electron chi connectivity index (χ1n) is 6.43. The molecule has 0 aromatic heterocycles. The average Bonchev–Trinajstić information content (AvgIpc) is 2.89. The molecule has 1 fully saturated rings. The Balaban J connectivity index is 2.36. The van der Waals surface area contributed by atoms with Crippen molar-refractivity contribution in [1.82, 2.24) is 9.21 Å². The summed E-state index contributed by atoms with van der Waals surface area (Å²) in [6, 6.07) is 3.86. The Hall–Kier alpha value is -1.15. The lowest BCUT2D eigenvalue weighted by molar-refractivity contribution is 0.0696. The van der Waals surface area contributed by atoms with Gasteiger partial charge in [-0.3, -0.25) is 0 Å². The number of rotatable bonds is 4. The fourth-order valence-electron chi connectivity index (χ4n) is 2.32. The molecule has 0 radical (unpaired) electrons. The Morgan fingerprint density at radius 1 is 1.43 bits per heavy atom. The number of nitrogens with zero attached hydrogens (tertiary/aromatic N) is 2. The largest absolute Gasteiger partial charge is 0.478 e. The molecule has 8 heteroatoms. The Kier molecular flexibility index (Phi) is 4.57. The lowest BCUT2D eigenvalue weighted by atomic mass is 10.2. The van der Waals surface area contributed by atoms with Crippen molar-refractivity contribution < 1.29 is 18.3 Å². The molecule has 1 aromatic rings. The minimum Gasteiger partial charge on any atom is -0.478 e. The summed E-state index contributed by atoms with van der Waals surface area (Å²) in [5.74, 6) is -1.18. The zero-order valence-electron chi connectivity index (χ0n) is 11.8. The third-order valence-corrected chi connectivity index (χ3v) is 6.00. The minimum atomic E-state index is -3.78. The first-order valence-corrected chi connectivity index (χ1v) is 8.24. The first-order chi connectivity index (χ1) is 9.73. The van der Waals surface area contributed by atoms with E-state index in [1.165, 1.54) is 16.4 Å². The van der Waals surface area contributed by atoms with Gasteiger partial charge in [-0.05, 0) is 38.7 Å². The Labute approximate surface area is 129 Å². The molecule has 2 rings (SSSR count). The van der Waals surface area contributed by atoms with Crippen LogP contribution >= 0.6 is 11.6 Å². The monoisotopic (exact) mass is 332 g/mol. The van der Waals surface area contributed by atoms with E-state index in [0.717, 1.165) is 12.5 Å². The third kappa shape index (κ3) is 3.21. The van der Waals surface area contributed by atoms with E-state index in [1.807, 2.05) is 19.0 Å². The lowest BCUT2D eigenvalue weighted by Gasteiger charge is -2.20. The summed E-state index contributed by atoms with van der Waals surface area (Å²) in [6.07, 6.45) is 0.739. The molecule has 1 unspecified atom stereocenters. The number of hydrogen-bond donors (Lipinski definition) is 1. The van der Waals surface area contributed by atoms with Crippen LogP contribution in [0.25, 0.3) is 0 Å². The molecule has 0 aliphatic carbocycles. The van der Waals surface area contributed by atoms with E-state index in [1.54, 1.807) is 0 Å². The maximum Gasteiger partial charge on any atom is 0.335 e. The maximum absolute atomic E-state index is 12.6. The molecule has 6 nitrogen and oxygen atoms in total. The second-order valence-corrected chi connectivity index (χ2v) is 7.53. The van der Waals surface area contributed by atoms with Crippen molar-refractivity contribution in [3.05, 3.63) is 28.8 Å². The van der Waals surface area contributed by atoms with E-state index in [2.05, 4.69) is 0 Å². The predicted molar refractivity (Wildman–Crippen MR) is 79.3 cm³/mol. The normalized spacial score (nSPS) is 20.1. The molecule has 0 amide bonds. The average molecular weight is 333 g/mol. The number of aromatic carboxylic acids is 1. The van der Waals surface area contributed by atoms with Crippen LogP contribution in [0.3, 0.4) is 0 Å². The fraction of sp³-hybridized carbons (Fsp3) is 0.462. The number of carboxylic acids is 1. The first kappa shape index (κ1) is 16.2. The molecule has 1 aromatic carbocycles. The summed E-state index contributed by atoms with van der Waals surface area (Å²) in [4.78, 5) is 12.8. The fourth-order valence-corrected chi connectivity index (χ4v) is 4.32. The van der Waals surface area contributed by atoms with Crippen molar-refractivity contribution in [3.8, 4) is 0 Å². The van der Waals surface area contributed by atoms with Gasteiger partial charge in [0.05, 0.1) is 10.6 Å². The van der Waals surface area contributed by atoms with Gasteiger partial charge in [-0.25, -0.2) is 13.2 Å². The van der Waals surface area contributed by atoms with Crippen molar-refractivity contribution >= 4 is 27.6 Å². The van der Waals surface area contributed by atoms with Gasteiger partial charge in [0, 0.05) is 19.1 Å². The maximum atomic E-state index is 12.6. The summed E-state index contributed by atoms with van der Waals surface area (Å²) in [5.41, 5.74) is -0.0960. The van der Waals surface area contributed by atoms with Gasteiger partial charge < -0.3 is 10.0 Å². The molecular formula is C13H17ClN2O4S. The summed E-state index contributed by atoms with van der Waals surface area (Å²) >= 11 is 5.95. The van der Waals surface area contributed by atoms with Gasteiger partial charge >= 0.3 is 5.97 Å². The van der Waals surface area contributed by atoms with Crippen molar-refractivity contribution in [3.63, 3.8) is 0 Å². The van der Waals surface area contributed by atoms with Crippen LogP contribution in [0.5, 0.6) is 0 Å². The van der Waals surface area contributed by atoms with Gasteiger partial charge in [-0.2, -0.15) is 4.31 Å². The quantitative estimate of drug-likeness (QED) is 0.900. The van der Waals surface area contributed by atoms with E-state index in [4.69, 9.17) is 16.7 Å². The van der Waals surface area contributed by atoms with E-state index in [-0.39, 0.29) is 21.5 Å². The number of benzene rings is 1. The van der Waals surface area contributed by atoms with E-state index < -0.39 is 16.0 Å². The highest BCUT2D eigenvalue weighted by Gasteiger charge is 2.34. The van der Waals surface area contributed by atoms with Gasteiger partial charge in [-0.15, -0.1) is 0 Å². The van der Waals surface area contributed by atoms with Crippen molar-refractivity contribution in [2.24, 2.45) is 0 Å². The molecule has 1 aliphatic heterocycles. The topological polar surface area (TPSA) is 77.9 Å². The molecule has 21 heavy (non-hydrogen) atoms. The van der Waals surface area contributed by atoms with Crippen LogP contribution in [0.2, 0.25) is 5.02 Å². The number of likely N-dealkylation sites (N-methyl/N-ethyl adjacent to an activating group) is 1. The number of carbonyl (C=O) groups is 1. The van der Waals surface area contributed by atoms with E-state index in [9.17, 15) is 13.2 Å². The van der Waals surface area contributed by atoms with Crippen LogP contribution in [0, 0.1) is 0 Å². The SMILES string of the molecule is CN(C)C1CCN(S(=O)(=O)c2cc(C(=O)O)ccc2Cl)C1. The zero-order valence-corrected chi connectivity index (χ0v) is 13.4. The molecule has 1 N–H and O–H groups in total. The smallest absolute Gasteiger partial charge is 0.335 e. The minimum absolute atomic E-state index is 0.0355. The highest BCUT2D eigenvalue weighted by molar-refractivity contribution is 7.89. The van der Waals surface area contributed by atoms with Crippen LogP contribution in [0.15, 0.2) is 23.1 Å². The Morgan fingerprint density at radius 2 is 2.10 bits per heavy atom. The van der Waals surface area contributed by atoms with E-state index in [0.29, 0.717) is 13.1 Å². The van der Waals surface area contributed by atoms with E-state index >= 15 is 0 Å². The predicted octanol–water partition coefficient (Wildman–Crippen LogP) is 1.36. The van der Waals surface area contributed by atoms with Crippen LogP contribution in [-0.4, -0.2) is 61.9 Å². The van der Waals surface area contributed by atoms with Crippen molar-refractivity contribution in [1.29, 1.82) is 0 Å². The molecule has 1 aliphatic rings. The molecule has 0 saturated carbocycles. The summed E-state index contributed by atoms with van der Waals surface area (Å²) in [6.45, 7) is 0.780. The van der Waals surface area contributed by atoms with Crippen molar-refractivity contribution in [2.75, 3.05) is 27.2 Å². The second kappa shape index (κ2) is 5.92. The van der Waals surface area contributed by atoms with Crippen LogP contribution in [0.4, 0.5) is 0 Å². The van der Waals surface area contributed by atoms with Gasteiger partial charge in [0.15, 0.2) is 0 Å². The van der Waals surface area contributed by atoms with Crippen molar-refractivity contribution in [2.45, 2.75) is 17.4 Å². The highest BCUT2D eigenvalue weighted by atomic mass is 35.5. The summed E-state index contributed by atoms with van der Waals surface area (Å²) in [5, 5.41) is 9.02. The molecule has 1 saturated heterocycles. The number of halogens is 1. The molecular weight excluding hydrogens is 316 g/mol. The summed E-state index contributed by atoms with van der Waals surface area (Å²) < 4.78 is 26.6. The Morgan fingerprint density at radius 3 is 2.62 bits per heavy atom. The molecule has 0 spiro atoms. The third-order valence-electron chi connectivity index (χ3n) is 3.65. The van der Waals surface area contributed by atoms with Gasteiger partial charge in [0.2, 0.25) is 10.0 Å². The molecule has 0 bridgehead atoms. The molecule has 116 valence electrons. The number of sulfonamides is 1.